The lowest BCUT2D eigenvalue weighted by atomic mass is 10.1. The number of aromatic nitrogens is 1. The Morgan fingerprint density at radius 2 is 2.11 bits per heavy atom. The highest BCUT2D eigenvalue weighted by Crippen LogP contribution is 2.32. The zero-order chi connectivity index (χ0) is 13.3. The molecule has 1 unspecified atom stereocenters. The first-order chi connectivity index (χ1) is 8.56. The maximum Gasteiger partial charge on any atom is 0.0782 e. The van der Waals surface area contributed by atoms with Crippen LogP contribution in [0.2, 0.25) is 5.02 Å². The lowest BCUT2D eigenvalue weighted by molar-refractivity contribution is 0.200. The van der Waals surface area contributed by atoms with Gasteiger partial charge in [0, 0.05) is 28.7 Å². The SMILES string of the molecule is CCCCn1cc(C(C)O)c2ccc(Cl)c(C)c21. The van der Waals surface area contributed by atoms with E-state index in [0.717, 1.165) is 46.4 Å². The summed E-state index contributed by atoms with van der Waals surface area (Å²) in [5.41, 5.74) is 3.24. The van der Waals surface area contributed by atoms with E-state index in [4.69, 9.17) is 11.6 Å². The lowest BCUT2D eigenvalue weighted by Crippen LogP contribution is -1.97. The molecule has 0 fully saturated rings. The molecule has 0 aliphatic carbocycles. The maximum absolute atomic E-state index is 9.87. The van der Waals surface area contributed by atoms with Crippen LogP contribution in [0.3, 0.4) is 0 Å². The van der Waals surface area contributed by atoms with Gasteiger partial charge in [-0.25, -0.2) is 0 Å². The second kappa shape index (κ2) is 5.33. The Morgan fingerprint density at radius 1 is 1.39 bits per heavy atom. The van der Waals surface area contributed by atoms with Crippen molar-refractivity contribution in [3.8, 4) is 0 Å². The highest BCUT2D eigenvalue weighted by atomic mass is 35.5. The van der Waals surface area contributed by atoms with Crippen molar-refractivity contribution < 1.29 is 5.11 Å². The third-order valence-corrected chi connectivity index (χ3v) is 3.87. The molecular formula is C15H20ClNO. The van der Waals surface area contributed by atoms with Crippen molar-refractivity contribution in [2.45, 2.75) is 46.3 Å². The van der Waals surface area contributed by atoms with Crippen LogP contribution in [0, 0.1) is 6.92 Å². The van der Waals surface area contributed by atoms with Gasteiger partial charge in [-0.3, -0.25) is 0 Å². The van der Waals surface area contributed by atoms with E-state index in [1.807, 2.05) is 26.0 Å². The predicted molar refractivity (Wildman–Crippen MR) is 77.2 cm³/mol. The van der Waals surface area contributed by atoms with Crippen LogP contribution >= 0.6 is 11.6 Å². The second-order valence-electron chi connectivity index (χ2n) is 4.88. The standard InChI is InChI=1S/C15H20ClNO/c1-4-5-8-17-9-13(11(3)18)12-6-7-14(16)10(2)15(12)17/h6-7,9,11,18H,4-5,8H2,1-3H3. The molecule has 0 amide bonds. The van der Waals surface area contributed by atoms with Crippen molar-refractivity contribution in [3.05, 3.63) is 34.5 Å². The number of unbranched alkanes of at least 4 members (excludes halogenated alkanes) is 1. The van der Waals surface area contributed by atoms with Gasteiger partial charge in [-0.15, -0.1) is 0 Å². The molecule has 1 aromatic heterocycles. The summed E-state index contributed by atoms with van der Waals surface area (Å²) in [6, 6.07) is 3.92. The zero-order valence-electron chi connectivity index (χ0n) is 11.2. The lowest BCUT2D eigenvalue weighted by Gasteiger charge is -2.07. The molecule has 0 saturated heterocycles. The van der Waals surface area contributed by atoms with E-state index >= 15 is 0 Å². The number of aliphatic hydroxyl groups excluding tert-OH is 1. The van der Waals surface area contributed by atoms with E-state index in [-0.39, 0.29) is 0 Å². The molecule has 18 heavy (non-hydrogen) atoms. The van der Waals surface area contributed by atoms with Crippen LogP contribution in [-0.2, 0) is 6.54 Å². The van der Waals surface area contributed by atoms with E-state index in [1.54, 1.807) is 0 Å². The first-order valence-electron chi connectivity index (χ1n) is 6.52. The third-order valence-electron chi connectivity index (χ3n) is 3.46. The normalized spacial score (nSPS) is 13.2. The van der Waals surface area contributed by atoms with E-state index in [0.29, 0.717) is 0 Å². The predicted octanol–water partition coefficient (Wildman–Crippen LogP) is 4.46. The molecule has 1 N–H and O–H groups in total. The molecule has 3 heteroatoms. The number of aryl methyl sites for hydroxylation is 2. The van der Waals surface area contributed by atoms with Gasteiger partial charge in [-0.2, -0.15) is 0 Å². The molecule has 1 aromatic carbocycles. The molecule has 2 rings (SSSR count). The summed E-state index contributed by atoms with van der Waals surface area (Å²) in [5, 5.41) is 11.8. The number of nitrogens with zero attached hydrogens (tertiary/aromatic N) is 1. The Kier molecular flexibility index (Phi) is 3.98. The molecule has 1 heterocycles. The molecule has 1 atom stereocenters. The molecular weight excluding hydrogens is 246 g/mol. The van der Waals surface area contributed by atoms with Crippen molar-refractivity contribution in [1.29, 1.82) is 0 Å². The van der Waals surface area contributed by atoms with Crippen molar-refractivity contribution in [3.63, 3.8) is 0 Å². The van der Waals surface area contributed by atoms with E-state index in [9.17, 15) is 5.11 Å². The average molecular weight is 266 g/mol. The van der Waals surface area contributed by atoms with Gasteiger partial charge in [0.25, 0.3) is 0 Å². The fourth-order valence-corrected chi connectivity index (χ4v) is 2.57. The van der Waals surface area contributed by atoms with E-state index < -0.39 is 6.10 Å². The van der Waals surface area contributed by atoms with Gasteiger partial charge in [0.1, 0.15) is 0 Å². The Bertz CT molecular complexity index is 557. The Hall–Kier alpha value is -0.990. The largest absolute Gasteiger partial charge is 0.389 e. The molecule has 0 aliphatic rings. The Labute approximate surface area is 113 Å². The van der Waals surface area contributed by atoms with E-state index in [1.165, 1.54) is 0 Å². The minimum atomic E-state index is -0.448. The van der Waals surface area contributed by atoms with Crippen LogP contribution in [-0.4, -0.2) is 9.67 Å². The first-order valence-corrected chi connectivity index (χ1v) is 6.90. The summed E-state index contributed by atoms with van der Waals surface area (Å²) in [6.45, 7) is 7.00. The van der Waals surface area contributed by atoms with Crippen LogP contribution in [0.15, 0.2) is 18.3 Å². The van der Waals surface area contributed by atoms with Gasteiger partial charge >= 0.3 is 0 Å². The highest BCUT2D eigenvalue weighted by molar-refractivity contribution is 6.32. The van der Waals surface area contributed by atoms with Crippen LogP contribution in [0.5, 0.6) is 0 Å². The second-order valence-corrected chi connectivity index (χ2v) is 5.28. The summed E-state index contributed by atoms with van der Waals surface area (Å²) < 4.78 is 2.22. The minimum Gasteiger partial charge on any atom is -0.389 e. The summed E-state index contributed by atoms with van der Waals surface area (Å²) in [4.78, 5) is 0. The van der Waals surface area contributed by atoms with Crippen molar-refractivity contribution in [1.82, 2.24) is 4.57 Å². The fourth-order valence-electron chi connectivity index (χ4n) is 2.42. The minimum absolute atomic E-state index is 0.448. The molecule has 0 bridgehead atoms. The highest BCUT2D eigenvalue weighted by Gasteiger charge is 2.15. The number of benzene rings is 1. The summed E-state index contributed by atoms with van der Waals surface area (Å²) in [7, 11) is 0. The zero-order valence-corrected chi connectivity index (χ0v) is 12.0. The van der Waals surface area contributed by atoms with Crippen LogP contribution in [0.4, 0.5) is 0 Å². The van der Waals surface area contributed by atoms with Crippen LogP contribution in [0.25, 0.3) is 10.9 Å². The van der Waals surface area contributed by atoms with E-state index in [2.05, 4.69) is 17.7 Å². The number of hydrogen-bond acceptors (Lipinski definition) is 1. The monoisotopic (exact) mass is 265 g/mol. The maximum atomic E-state index is 9.87. The smallest absolute Gasteiger partial charge is 0.0782 e. The Balaban J connectivity index is 2.65. The Morgan fingerprint density at radius 3 is 2.72 bits per heavy atom. The number of halogens is 1. The molecule has 0 radical (unpaired) electrons. The molecule has 2 nitrogen and oxygen atoms in total. The molecule has 0 aliphatic heterocycles. The van der Waals surface area contributed by atoms with Crippen molar-refractivity contribution in [2.75, 3.05) is 0 Å². The van der Waals surface area contributed by atoms with Crippen LogP contribution < -0.4 is 0 Å². The van der Waals surface area contributed by atoms with Gasteiger partial charge in [0.05, 0.1) is 11.6 Å². The van der Waals surface area contributed by atoms with Crippen molar-refractivity contribution >= 4 is 22.5 Å². The van der Waals surface area contributed by atoms with Gasteiger partial charge in [-0.05, 0) is 31.9 Å². The number of hydrogen-bond donors (Lipinski definition) is 1. The summed E-state index contributed by atoms with van der Waals surface area (Å²) >= 11 is 6.21. The van der Waals surface area contributed by atoms with Gasteiger partial charge in [-0.1, -0.05) is 31.0 Å². The summed E-state index contributed by atoms with van der Waals surface area (Å²) in [6.07, 6.45) is 3.91. The summed E-state index contributed by atoms with van der Waals surface area (Å²) in [5.74, 6) is 0. The number of rotatable bonds is 4. The van der Waals surface area contributed by atoms with Gasteiger partial charge in [0.2, 0.25) is 0 Å². The number of aliphatic hydroxyl groups is 1. The van der Waals surface area contributed by atoms with Crippen molar-refractivity contribution in [2.24, 2.45) is 0 Å². The average Bonchev–Trinajstić information content (AvgIpc) is 2.71. The molecule has 2 aromatic rings. The van der Waals surface area contributed by atoms with Gasteiger partial charge < -0.3 is 9.67 Å². The molecule has 98 valence electrons. The van der Waals surface area contributed by atoms with Crippen LogP contribution in [0.1, 0.15) is 43.9 Å². The van der Waals surface area contributed by atoms with Gasteiger partial charge in [0.15, 0.2) is 0 Å². The third kappa shape index (κ3) is 2.27. The molecule has 0 spiro atoms. The molecule has 0 saturated carbocycles. The topological polar surface area (TPSA) is 25.2 Å². The first kappa shape index (κ1) is 13.4. The quantitative estimate of drug-likeness (QED) is 0.868. The number of fused-ring (bicyclic) bond motifs is 1. The fraction of sp³-hybridized carbons (Fsp3) is 0.467.